The third kappa shape index (κ3) is 3.62. The average Bonchev–Trinajstić information content (AvgIpc) is 3.40. The van der Waals surface area contributed by atoms with Crippen LogP contribution in [0.3, 0.4) is 0 Å². The lowest BCUT2D eigenvalue weighted by Gasteiger charge is -2.27. The number of alkyl halides is 3. The average molecular weight is 443 g/mol. The molecule has 0 saturated heterocycles. The number of methoxy groups -OCH3 is 1. The summed E-state index contributed by atoms with van der Waals surface area (Å²) < 4.78 is 50.1. The Balaban J connectivity index is 1.87. The van der Waals surface area contributed by atoms with Crippen LogP contribution in [0.4, 0.5) is 18.9 Å². The molecule has 0 saturated carbocycles. The summed E-state index contributed by atoms with van der Waals surface area (Å²) in [5.74, 6) is -2.24. The molecule has 3 aromatic rings. The van der Waals surface area contributed by atoms with Crippen LogP contribution in [0.5, 0.6) is 5.75 Å². The normalized spacial score (nSPS) is 16.6. The van der Waals surface area contributed by atoms with E-state index in [-0.39, 0.29) is 17.0 Å². The van der Waals surface area contributed by atoms with E-state index in [9.17, 15) is 27.9 Å². The molecule has 1 aromatic heterocycles. The summed E-state index contributed by atoms with van der Waals surface area (Å²) in [7, 11) is 1.46. The lowest BCUT2D eigenvalue weighted by atomic mass is 9.94. The number of rotatable bonds is 5. The van der Waals surface area contributed by atoms with Crippen LogP contribution in [-0.2, 0) is 11.0 Å². The van der Waals surface area contributed by atoms with Crippen LogP contribution in [-0.4, -0.2) is 23.9 Å². The number of furan rings is 1. The SMILES string of the molecule is COc1ccc(C2C(C(=O)c3ccco3)=C(O)C(=O)N2c2cccc(C(F)(F)F)c2)cc1. The molecular formula is C23H16F3NO5. The van der Waals surface area contributed by atoms with Gasteiger partial charge in [-0.15, -0.1) is 0 Å². The number of carbonyl (C=O) groups is 2. The minimum absolute atomic E-state index is 0.122. The molecule has 9 heteroatoms. The van der Waals surface area contributed by atoms with E-state index in [4.69, 9.17) is 9.15 Å². The van der Waals surface area contributed by atoms with E-state index in [0.717, 1.165) is 23.1 Å². The van der Waals surface area contributed by atoms with Crippen molar-refractivity contribution in [2.75, 3.05) is 12.0 Å². The molecule has 0 bridgehead atoms. The largest absolute Gasteiger partial charge is 0.503 e. The zero-order valence-corrected chi connectivity index (χ0v) is 16.6. The number of amides is 1. The first kappa shape index (κ1) is 21.2. The summed E-state index contributed by atoms with van der Waals surface area (Å²) in [6.45, 7) is 0. The Bertz CT molecular complexity index is 1200. The van der Waals surface area contributed by atoms with E-state index in [1.165, 1.54) is 31.6 Å². The molecule has 1 N–H and O–H groups in total. The highest BCUT2D eigenvalue weighted by molar-refractivity contribution is 6.20. The molecule has 1 unspecified atom stereocenters. The molecule has 1 aliphatic rings. The van der Waals surface area contributed by atoms with Crippen molar-refractivity contribution in [2.24, 2.45) is 0 Å². The molecular weight excluding hydrogens is 427 g/mol. The fourth-order valence-electron chi connectivity index (χ4n) is 3.58. The maximum absolute atomic E-state index is 13.3. The lowest BCUT2D eigenvalue weighted by molar-refractivity contribution is -0.137. The van der Waals surface area contributed by atoms with Gasteiger partial charge >= 0.3 is 6.18 Å². The van der Waals surface area contributed by atoms with Crippen LogP contribution in [0.15, 0.2) is 82.7 Å². The van der Waals surface area contributed by atoms with Crippen molar-refractivity contribution in [3.05, 3.63) is 95.1 Å². The summed E-state index contributed by atoms with van der Waals surface area (Å²) in [6.07, 6.45) is -3.38. The third-order valence-electron chi connectivity index (χ3n) is 5.08. The lowest BCUT2D eigenvalue weighted by Crippen LogP contribution is -2.31. The number of benzene rings is 2. The van der Waals surface area contributed by atoms with Crippen LogP contribution in [0.2, 0.25) is 0 Å². The quantitative estimate of drug-likeness (QED) is 0.556. The number of nitrogens with zero attached hydrogens (tertiary/aromatic N) is 1. The van der Waals surface area contributed by atoms with Crippen molar-refractivity contribution in [1.82, 2.24) is 0 Å². The maximum atomic E-state index is 13.3. The standard InChI is InChI=1S/C23H16F3NO5/c1-31-16-9-7-13(8-10-16)19-18(20(28)17-6-3-11-32-17)21(29)22(30)27(19)15-5-2-4-14(12-15)23(24,25)26/h2-12,19,29H,1H3. The van der Waals surface area contributed by atoms with Crippen molar-refractivity contribution in [3.63, 3.8) is 0 Å². The number of Topliss-reactive ketones (excluding diaryl/α,β-unsaturated/α-hetero) is 1. The zero-order valence-electron chi connectivity index (χ0n) is 16.6. The second-order valence-electron chi connectivity index (χ2n) is 6.97. The van der Waals surface area contributed by atoms with Gasteiger partial charge in [0.05, 0.1) is 30.6 Å². The highest BCUT2D eigenvalue weighted by atomic mass is 19.4. The number of hydrogen-bond donors (Lipinski definition) is 1. The molecule has 1 aliphatic heterocycles. The Hall–Kier alpha value is -4.01. The number of halogens is 3. The van der Waals surface area contributed by atoms with Crippen molar-refractivity contribution >= 4 is 17.4 Å². The highest BCUT2D eigenvalue weighted by Gasteiger charge is 2.45. The zero-order chi connectivity index (χ0) is 23.0. The fraction of sp³-hybridized carbons (Fsp3) is 0.130. The van der Waals surface area contributed by atoms with Gasteiger partial charge in [-0.3, -0.25) is 14.5 Å². The van der Waals surface area contributed by atoms with Crippen molar-refractivity contribution in [3.8, 4) is 5.75 Å². The van der Waals surface area contributed by atoms with Gasteiger partial charge in [0.1, 0.15) is 5.75 Å². The van der Waals surface area contributed by atoms with E-state index in [2.05, 4.69) is 0 Å². The predicted octanol–water partition coefficient (Wildman–Crippen LogP) is 5.09. The third-order valence-corrected chi connectivity index (χ3v) is 5.08. The summed E-state index contributed by atoms with van der Waals surface area (Å²) >= 11 is 0. The molecule has 0 fully saturated rings. The molecule has 164 valence electrons. The Morgan fingerprint density at radius 3 is 2.41 bits per heavy atom. The number of ketones is 1. The van der Waals surface area contributed by atoms with E-state index in [0.29, 0.717) is 11.3 Å². The number of aliphatic hydroxyl groups excluding tert-OH is 1. The van der Waals surface area contributed by atoms with Gasteiger partial charge in [0, 0.05) is 5.69 Å². The molecule has 0 aliphatic carbocycles. The van der Waals surface area contributed by atoms with Gasteiger partial charge in [-0.05, 0) is 48.0 Å². The van der Waals surface area contributed by atoms with Gasteiger partial charge in [-0.1, -0.05) is 18.2 Å². The smallest absolute Gasteiger partial charge is 0.416 e. The maximum Gasteiger partial charge on any atom is 0.416 e. The predicted molar refractivity (Wildman–Crippen MR) is 107 cm³/mol. The van der Waals surface area contributed by atoms with Gasteiger partial charge in [0.15, 0.2) is 11.5 Å². The van der Waals surface area contributed by atoms with Crippen LogP contribution in [0.25, 0.3) is 0 Å². The fourth-order valence-corrected chi connectivity index (χ4v) is 3.58. The van der Waals surface area contributed by atoms with E-state index >= 15 is 0 Å². The topological polar surface area (TPSA) is 80.0 Å². The van der Waals surface area contributed by atoms with E-state index < -0.39 is 35.2 Å². The number of ether oxygens (including phenoxy) is 1. The Kier molecular flexibility index (Phi) is 5.25. The molecule has 32 heavy (non-hydrogen) atoms. The molecule has 0 radical (unpaired) electrons. The highest BCUT2D eigenvalue weighted by Crippen LogP contribution is 2.43. The van der Waals surface area contributed by atoms with Crippen molar-refractivity contribution in [1.29, 1.82) is 0 Å². The molecule has 2 aromatic carbocycles. The van der Waals surface area contributed by atoms with E-state index in [1.54, 1.807) is 24.3 Å². The molecule has 1 amide bonds. The minimum Gasteiger partial charge on any atom is -0.503 e. The first-order chi connectivity index (χ1) is 15.2. The van der Waals surface area contributed by atoms with Crippen molar-refractivity contribution < 1.29 is 37.0 Å². The second kappa shape index (κ2) is 7.92. The molecule has 4 rings (SSSR count). The first-order valence-electron chi connectivity index (χ1n) is 9.38. The van der Waals surface area contributed by atoms with Gasteiger partial charge in [-0.2, -0.15) is 13.2 Å². The van der Waals surface area contributed by atoms with Gasteiger partial charge in [0.2, 0.25) is 5.78 Å². The van der Waals surface area contributed by atoms with Crippen LogP contribution >= 0.6 is 0 Å². The van der Waals surface area contributed by atoms with E-state index in [1.807, 2.05) is 0 Å². The Morgan fingerprint density at radius 1 is 1.09 bits per heavy atom. The number of anilines is 1. The molecule has 6 nitrogen and oxygen atoms in total. The number of hydrogen-bond acceptors (Lipinski definition) is 5. The number of carbonyl (C=O) groups excluding carboxylic acids is 2. The number of aliphatic hydroxyl groups is 1. The summed E-state index contributed by atoms with van der Waals surface area (Å²) in [5, 5.41) is 10.6. The minimum atomic E-state index is -4.64. The summed E-state index contributed by atoms with van der Waals surface area (Å²) in [5.41, 5.74) is -1.01. The Labute approximate surface area is 180 Å². The summed E-state index contributed by atoms with van der Waals surface area (Å²) in [6, 6.07) is 12.0. The monoisotopic (exact) mass is 443 g/mol. The second-order valence-corrected chi connectivity index (χ2v) is 6.97. The van der Waals surface area contributed by atoms with Gasteiger partial charge < -0.3 is 14.3 Å². The van der Waals surface area contributed by atoms with Crippen molar-refractivity contribution in [2.45, 2.75) is 12.2 Å². The molecule has 1 atom stereocenters. The molecule has 0 spiro atoms. The first-order valence-corrected chi connectivity index (χ1v) is 9.38. The van der Waals surface area contributed by atoms with Crippen LogP contribution in [0.1, 0.15) is 27.7 Å². The van der Waals surface area contributed by atoms with Crippen LogP contribution in [0, 0.1) is 0 Å². The van der Waals surface area contributed by atoms with Crippen LogP contribution < -0.4 is 9.64 Å². The van der Waals surface area contributed by atoms with Gasteiger partial charge in [-0.25, -0.2) is 0 Å². The Morgan fingerprint density at radius 2 is 1.81 bits per heavy atom. The summed E-state index contributed by atoms with van der Waals surface area (Å²) in [4.78, 5) is 27.0. The molecule has 2 heterocycles. The van der Waals surface area contributed by atoms with Gasteiger partial charge in [0.25, 0.3) is 5.91 Å².